The van der Waals surface area contributed by atoms with Crippen molar-refractivity contribution in [3.05, 3.63) is 28.2 Å². The molecule has 0 spiro atoms. The van der Waals surface area contributed by atoms with E-state index in [9.17, 15) is 13.2 Å². The van der Waals surface area contributed by atoms with E-state index in [0.717, 1.165) is 0 Å². The van der Waals surface area contributed by atoms with Gasteiger partial charge in [-0.05, 0) is 17.5 Å². The number of rotatable bonds is 1. The van der Waals surface area contributed by atoms with E-state index in [1.807, 2.05) is 0 Å². The highest BCUT2D eigenvalue weighted by atomic mass is 79.9. The zero-order valence-corrected chi connectivity index (χ0v) is 8.07. The molecule has 0 atom stereocenters. The van der Waals surface area contributed by atoms with Crippen LogP contribution in [-0.4, -0.2) is 17.2 Å². The smallest absolute Gasteiger partial charge is 0.423 e. The summed E-state index contributed by atoms with van der Waals surface area (Å²) in [4.78, 5) is 0. The summed E-state index contributed by atoms with van der Waals surface area (Å²) in [7, 11) is -2.28. The van der Waals surface area contributed by atoms with Crippen molar-refractivity contribution in [2.24, 2.45) is 0 Å². The highest BCUT2D eigenvalue weighted by Gasteiger charge is 2.33. The maximum Gasteiger partial charge on any atom is 0.488 e. The lowest BCUT2D eigenvalue weighted by atomic mass is 9.80. The summed E-state index contributed by atoms with van der Waals surface area (Å²) in [5.41, 5.74) is -2.22. The van der Waals surface area contributed by atoms with Crippen molar-refractivity contribution in [3.8, 4) is 0 Å². The molecule has 0 fully saturated rings. The summed E-state index contributed by atoms with van der Waals surface area (Å²) in [5.74, 6) is 0. The third-order valence-corrected chi connectivity index (χ3v) is 1.92. The molecule has 1 rings (SSSR count). The van der Waals surface area contributed by atoms with E-state index in [0.29, 0.717) is 0 Å². The Bertz CT molecular complexity index is 438. The van der Waals surface area contributed by atoms with Crippen molar-refractivity contribution in [2.45, 2.75) is 6.18 Å². The molecular formula is C7H5BBrF3O2. The van der Waals surface area contributed by atoms with E-state index in [-0.39, 0.29) is 0 Å². The summed E-state index contributed by atoms with van der Waals surface area (Å²) in [6.07, 6.45) is -4.90. The monoisotopic (exact) mass is 271 g/mol. The lowest BCUT2D eigenvalue weighted by molar-refractivity contribution is -0.138. The normalized spacial score (nSPS) is 14.6. The van der Waals surface area contributed by atoms with E-state index < -0.39 is 46.9 Å². The second-order valence-electron chi connectivity index (χ2n) is 2.35. The molecule has 1 aromatic rings. The average Bonchev–Trinajstić information content (AvgIpc) is 2.12. The molecule has 0 saturated carbocycles. The molecule has 0 heterocycles. The molecule has 14 heavy (non-hydrogen) atoms. The molecule has 76 valence electrons. The molecule has 0 amide bonds. The summed E-state index contributed by atoms with van der Waals surface area (Å²) in [6.45, 7) is 0. The van der Waals surface area contributed by atoms with Gasteiger partial charge in [0, 0.05) is 4.47 Å². The molecule has 0 aliphatic carbocycles. The van der Waals surface area contributed by atoms with Crippen molar-refractivity contribution < 1.29 is 27.3 Å². The zero-order chi connectivity index (χ0) is 13.5. The largest absolute Gasteiger partial charge is 0.488 e. The Kier molecular flexibility index (Phi) is 2.16. The van der Waals surface area contributed by atoms with Gasteiger partial charge < -0.3 is 10.0 Å². The molecule has 2 nitrogen and oxygen atoms in total. The molecule has 0 radical (unpaired) electrons. The van der Waals surface area contributed by atoms with Crippen LogP contribution in [0.15, 0.2) is 22.6 Å². The first-order valence-electron chi connectivity index (χ1n) is 4.81. The fourth-order valence-corrected chi connectivity index (χ4v) is 1.26. The van der Waals surface area contributed by atoms with Crippen LogP contribution in [0.2, 0.25) is 0 Å². The first-order valence-corrected chi connectivity index (χ1v) is 4.10. The Morgan fingerprint density at radius 1 is 1.36 bits per heavy atom. The Morgan fingerprint density at radius 2 is 1.93 bits per heavy atom. The van der Waals surface area contributed by atoms with Crippen LogP contribution < -0.4 is 5.46 Å². The predicted molar refractivity (Wildman–Crippen MR) is 49.0 cm³/mol. The minimum atomic E-state index is -4.90. The van der Waals surface area contributed by atoms with Gasteiger partial charge in [-0.2, -0.15) is 13.2 Å². The highest BCUT2D eigenvalue weighted by Crippen LogP contribution is 2.33. The third-order valence-electron chi connectivity index (χ3n) is 1.33. The summed E-state index contributed by atoms with van der Waals surface area (Å²) >= 11 is 2.49. The standard InChI is InChI=1S/C7H5BBrF3O2/c9-6-3-4(8(13)14)1-2-5(6)7(10,11)12/h1-3,13-14H/i1D,2D,3D. The predicted octanol–water partition coefficient (Wildman–Crippen LogP) is 1.15. The van der Waals surface area contributed by atoms with Crippen molar-refractivity contribution in [1.29, 1.82) is 0 Å². The fourth-order valence-electron chi connectivity index (χ4n) is 0.721. The van der Waals surface area contributed by atoms with E-state index in [1.54, 1.807) is 0 Å². The first-order chi connectivity index (χ1) is 7.59. The van der Waals surface area contributed by atoms with Crippen LogP contribution in [0.4, 0.5) is 13.2 Å². The van der Waals surface area contributed by atoms with Gasteiger partial charge in [0.05, 0.1) is 9.68 Å². The number of halogens is 4. The van der Waals surface area contributed by atoms with Gasteiger partial charge in [-0.15, -0.1) is 0 Å². The maximum absolute atomic E-state index is 12.6. The van der Waals surface area contributed by atoms with Gasteiger partial charge in [0.1, 0.15) is 0 Å². The number of hydrogen-bond acceptors (Lipinski definition) is 2. The lowest BCUT2D eigenvalue weighted by Gasteiger charge is -2.09. The Hall–Kier alpha value is -0.525. The van der Waals surface area contributed by atoms with Crippen LogP contribution in [0.25, 0.3) is 0 Å². The molecule has 0 aliphatic rings. The minimum Gasteiger partial charge on any atom is -0.423 e. The molecule has 1 aromatic carbocycles. The number of alkyl halides is 3. The summed E-state index contributed by atoms with van der Waals surface area (Å²) in [5, 5.41) is 17.7. The van der Waals surface area contributed by atoms with Crippen LogP contribution >= 0.6 is 15.9 Å². The molecular weight excluding hydrogens is 264 g/mol. The fraction of sp³-hybridized carbons (Fsp3) is 0.143. The van der Waals surface area contributed by atoms with E-state index in [4.69, 9.17) is 14.2 Å². The SMILES string of the molecule is [2H]c1c([2H])c(C(F)(F)F)c(Br)c([2H])c1B(O)O. The van der Waals surface area contributed by atoms with Gasteiger partial charge in [0.15, 0.2) is 0 Å². The van der Waals surface area contributed by atoms with Crippen LogP contribution in [0, 0.1) is 0 Å². The van der Waals surface area contributed by atoms with Crippen LogP contribution in [0.3, 0.4) is 0 Å². The molecule has 0 saturated heterocycles. The van der Waals surface area contributed by atoms with Gasteiger partial charge in [0.2, 0.25) is 0 Å². The number of hydrogen-bond donors (Lipinski definition) is 2. The average molecular weight is 272 g/mol. The van der Waals surface area contributed by atoms with Crippen LogP contribution in [0.1, 0.15) is 9.68 Å². The molecule has 7 heteroatoms. The summed E-state index contributed by atoms with van der Waals surface area (Å²) < 4.78 is 58.6. The zero-order valence-electron chi connectivity index (χ0n) is 9.48. The summed E-state index contributed by atoms with van der Waals surface area (Å²) in [6, 6.07) is -3.10. The topological polar surface area (TPSA) is 40.5 Å². The maximum atomic E-state index is 12.6. The number of benzene rings is 1. The van der Waals surface area contributed by atoms with Gasteiger partial charge >= 0.3 is 13.3 Å². The highest BCUT2D eigenvalue weighted by molar-refractivity contribution is 9.10. The lowest BCUT2D eigenvalue weighted by Crippen LogP contribution is -2.30. The Balaban J connectivity index is 3.71. The molecule has 0 aliphatic heterocycles. The molecule has 0 bridgehead atoms. The van der Waals surface area contributed by atoms with Gasteiger partial charge in [-0.3, -0.25) is 0 Å². The van der Waals surface area contributed by atoms with E-state index >= 15 is 0 Å². The second kappa shape index (κ2) is 3.92. The van der Waals surface area contributed by atoms with Crippen LogP contribution in [-0.2, 0) is 6.18 Å². The molecule has 0 aromatic heterocycles. The van der Waals surface area contributed by atoms with Gasteiger partial charge in [-0.25, -0.2) is 0 Å². The quantitative estimate of drug-likeness (QED) is 0.753. The van der Waals surface area contributed by atoms with Crippen molar-refractivity contribution in [1.82, 2.24) is 0 Å². The second-order valence-corrected chi connectivity index (χ2v) is 3.14. The van der Waals surface area contributed by atoms with Crippen molar-refractivity contribution in [3.63, 3.8) is 0 Å². The minimum absolute atomic E-state index is 0.741. The first kappa shape index (κ1) is 7.73. The van der Waals surface area contributed by atoms with Crippen molar-refractivity contribution >= 4 is 28.5 Å². The Labute approximate surface area is 90.9 Å². The molecule has 2 N–H and O–H groups in total. The van der Waals surface area contributed by atoms with Gasteiger partial charge in [-0.1, -0.05) is 22.0 Å². The van der Waals surface area contributed by atoms with Gasteiger partial charge in [0.25, 0.3) is 0 Å². The van der Waals surface area contributed by atoms with E-state index in [2.05, 4.69) is 15.9 Å². The van der Waals surface area contributed by atoms with E-state index in [1.165, 1.54) is 0 Å². The third kappa shape index (κ3) is 2.49. The van der Waals surface area contributed by atoms with Crippen molar-refractivity contribution in [2.75, 3.05) is 0 Å². The Morgan fingerprint density at radius 3 is 2.36 bits per heavy atom. The molecule has 0 unspecified atom stereocenters. The van der Waals surface area contributed by atoms with Crippen LogP contribution in [0.5, 0.6) is 0 Å².